The van der Waals surface area contributed by atoms with Crippen LogP contribution in [0.1, 0.15) is 37.9 Å². The smallest absolute Gasteiger partial charge is 0.109 e. The highest BCUT2D eigenvalue weighted by Gasteiger charge is 2.13. The van der Waals surface area contributed by atoms with Gasteiger partial charge in [-0.3, -0.25) is 0 Å². The molecule has 0 amide bonds. The summed E-state index contributed by atoms with van der Waals surface area (Å²) in [7, 11) is 2.06. The number of rotatable bonds is 6. The zero-order valence-corrected chi connectivity index (χ0v) is 10.3. The van der Waals surface area contributed by atoms with E-state index >= 15 is 0 Å². The summed E-state index contributed by atoms with van der Waals surface area (Å²) in [5.74, 6) is 2.18. The van der Waals surface area contributed by atoms with Crippen molar-refractivity contribution < 1.29 is 0 Å². The molecule has 0 bridgehead atoms. The number of hydrogen-bond acceptors (Lipinski definition) is 2. The van der Waals surface area contributed by atoms with E-state index in [1.807, 2.05) is 12.4 Å². The van der Waals surface area contributed by atoms with Crippen LogP contribution in [-0.2, 0) is 13.5 Å². The van der Waals surface area contributed by atoms with Crippen molar-refractivity contribution in [2.24, 2.45) is 13.0 Å². The van der Waals surface area contributed by atoms with Crippen LogP contribution < -0.4 is 5.32 Å². The third-order valence-electron chi connectivity index (χ3n) is 3.65. The lowest BCUT2D eigenvalue weighted by atomic mass is 10.0. The Bertz CT molecular complexity index is 300. The number of aromatic nitrogens is 2. The number of nitrogens with zero attached hydrogens (tertiary/aromatic N) is 2. The van der Waals surface area contributed by atoms with Crippen LogP contribution in [0.15, 0.2) is 12.4 Å². The quantitative estimate of drug-likeness (QED) is 0.746. The van der Waals surface area contributed by atoms with E-state index in [0.717, 1.165) is 18.9 Å². The molecule has 16 heavy (non-hydrogen) atoms. The van der Waals surface area contributed by atoms with Crippen LogP contribution in [0.25, 0.3) is 0 Å². The molecule has 3 heteroatoms. The second-order valence-corrected chi connectivity index (χ2v) is 4.89. The molecule has 3 nitrogen and oxygen atoms in total. The molecule has 0 atom stereocenters. The summed E-state index contributed by atoms with van der Waals surface area (Å²) >= 11 is 0. The minimum atomic E-state index is 1.00. The van der Waals surface area contributed by atoms with Crippen molar-refractivity contribution in [3.05, 3.63) is 18.2 Å². The van der Waals surface area contributed by atoms with Gasteiger partial charge in [-0.25, -0.2) is 4.98 Å². The molecule has 1 aliphatic carbocycles. The highest BCUT2D eigenvalue weighted by atomic mass is 15.0. The van der Waals surface area contributed by atoms with E-state index in [-0.39, 0.29) is 0 Å². The van der Waals surface area contributed by atoms with Crippen molar-refractivity contribution in [3.63, 3.8) is 0 Å². The van der Waals surface area contributed by atoms with Gasteiger partial charge in [-0.05, 0) is 18.9 Å². The molecule has 0 unspecified atom stereocenters. The molecule has 1 heterocycles. The van der Waals surface area contributed by atoms with Crippen LogP contribution in [0.2, 0.25) is 0 Å². The van der Waals surface area contributed by atoms with E-state index in [9.17, 15) is 0 Å². The normalized spacial score (nSPS) is 17.1. The Balaban J connectivity index is 1.53. The van der Waals surface area contributed by atoms with Crippen molar-refractivity contribution in [3.8, 4) is 0 Å². The van der Waals surface area contributed by atoms with Gasteiger partial charge in [0.05, 0.1) is 0 Å². The second-order valence-electron chi connectivity index (χ2n) is 4.89. The summed E-state index contributed by atoms with van der Waals surface area (Å²) in [6.07, 6.45) is 12.1. The molecule has 0 spiro atoms. The predicted molar refractivity (Wildman–Crippen MR) is 66.4 cm³/mol. The van der Waals surface area contributed by atoms with Gasteiger partial charge in [0.25, 0.3) is 0 Å². The van der Waals surface area contributed by atoms with Crippen LogP contribution in [0.3, 0.4) is 0 Å². The SMILES string of the molecule is Cn1ccnc1CCNCCC1CCCC1. The van der Waals surface area contributed by atoms with E-state index < -0.39 is 0 Å². The van der Waals surface area contributed by atoms with E-state index in [2.05, 4.69) is 21.9 Å². The first-order valence-corrected chi connectivity index (χ1v) is 6.53. The van der Waals surface area contributed by atoms with Crippen molar-refractivity contribution in [2.75, 3.05) is 13.1 Å². The molecule has 0 radical (unpaired) electrons. The summed E-state index contributed by atoms with van der Waals surface area (Å²) < 4.78 is 2.10. The molecule has 0 saturated heterocycles. The molecular weight excluding hydrogens is 198 g/mol. The minimum absolute atomic E-state index is 1.00. The average molecular weight is 221 g/mol. The molecule has 1 N–H and O–H groups in total. The molecular formula is C13H23N3. The molecule has 2 rings (SSSR count). The molecule has 1 aromatic rings. The zero-order valence-electron chi connectivity index (χ0n) is 10.3. The van der Waals surface area contributed by atoms with Gasteiger partial charge in [0.1, 0.15) is 5.82 Å². The average Bonchev–Trinajstić information content (AvgIpc) is 2.90. The maximum atomic E-state index is 4.31. The Morgan fingerprint density at radius 1 is 1.38 bits per heavy atom. The number of nitrogens with one attached hydrogen (secondary N) is 1. The van der Waals surface area contributed by atoms with Crippen LogP contribution >= 0.6 is 0 Å². The zero-order chi connectivity index (χ0) is 11.2. The maximum absolute atomic E-state index is 4.31. The van der Waals surface area contributed by atoms with Crippen molar-refractivity contribution >= 4 is 0 Å². The van der Waals surface area contributed by atoms with Crippen LogP contribution in [0.5, 0.6) is 0 Å². The largest absolute Gasteiger partial charge is 0.338 e. The minimum Gasteiger partial charge on any atom is -0.338 e. The van der Waals surface area contributed by atoms with Gasteiger partial charge in [0.15, 0.2) is 0 Å². The first kappa shape index (κ1) is 11.6. The fourth-order valence-electron chi connectivity index (χ4n) is 2.57. The highest BCUT2D eigenvalue weighted by Crippen LogP contribution is 2.26. The van der Waals surface area contributed by atoms with Gasteiger partial charge in [-0.15, -0.1) is 0 Å². The second kappa shape index (κ2) is 6.04. The predicted octanol–water partition coefficient (Wildman–Crippen LogP) is 2.13. The van der Waals surface area contributed by atoms with Gasteiger partial charge in [0.2, 0.25) is 0 Å². The van der Waals surface area contributed by atoms with Crippen molar-refractivity contribution in [1.82, 2.24) is 14.9 Å². The molecule has 0 aromatic carbocycles. The Labute approximate surface area is 98.3 Å². The number of imidazole rings is 1. The summed E-state index contributed by atoms with van der Waals surface area (Å²) in [4.78, 5) is 4.31. The lowest BCUT2D eigenvalue weighted by molar-refractivity contribution is 0.477. The lowest BCUT2D eigenvalue weighted by Crippen LogP contribution is -2.21. The summed E-state index contributed by atoms with van der Waals surface area (Å²) in [6, 6.07) is 0. The van der Waals surface area contributed by atoms with E-state index in [1.54, 1.807) is 0 Å². The number of hydrogen-bond donors (Lipinski definition) is 1. The van der Waals surface area contributed by atoms with Gasteiger partial charge in [0, 0.05) is 32.4 Å². The molecule has 1 aliphatic rings. The van der Waals surface area contributed by atoms with E-state index in [4.69, 9.17) is 0 Å². The lowest BCUT2D eigenvalue weighted by Gasteiger charge is -2.09. The van der Waals surface area contributed by atoms with E-state index in [0.29, 0.717) is 0 Å². The van der Waals surface area contributed by atoms with Gasteiger partial charge in [-0.2, -0.15) is 0 Å². The van der Waals surface area contributed by atoms with Gasteiger partial charge < -0.3 is 9.88 Å². The van der Waals surface area contributed by atoms with Crippen LogP contribution in [0, 0.1) is 5.92 Å². The van der Waals surface area contributed by atoms with Crippen LogP contribution in [0.4, 0.5) is 0 Å². The maximum Gasteiger partial charge on any atom is 0.109 e. The summed E-state index contributed by atoms with van der Waals surface area (Å²) in [5, 5.41) is 3.52. The molecule has 1 fully saturated rings. The van der Waals surface area contributed by atoms with Gasteiger partial charge in [-0.1, -0.05) is 25.7 Å². The first-order chi connectivity index (χ1) is 7.86. The number of aryl methyl sites for hydroxylation is 1. The summed E-state index contributed by atoms with van der Waals surface area (Å²) in [6.45, 7) is 2.23. The van der Waals surface area contributed by atoms with Crippen molar-refractivity contribution in [2.45, 2.75) is 38.5 Å². The Morgan fingerprint density at radius 3 is 2.88 bits per heavy atom. The molecule has 1 saturated carbocycles. The van der Waals surface area contributed by atoms with E-state index in [1.165, 1.54) is 44.5 Å². The Kier molecular flexibility index (Phi) is 4.40. The standard InChI is InChI=1S/C13H23N3/c1-16-11-10-15-13(16)7-9-14-8-6-12-4-2-3-5-12/h10-12,14H,2-9H2,1H3. The third kappa shape index (κ3) is 3.34. The fourth-order valence-corrected chi connectivity index (χ4v) is 2.57. The van der Waals surface area contributed by atoms with Gasteiger partial charge >= 0.3 is 0 Å². The molecule has 1 aromatic heterocycles. The Morgan fingerprint density at radius 2 is 2.19 bits per heavy atom. The monoisotopic (exact) mass is 221 g/mol. The Hall–Kier alpha value is -0.830. The molecule has 90 valence electrons. The highest BCUT2D eigenvalue weighted by molar-refractivity contribution is 4.91. The third-order valence-corrected chi connectivity index (χ3v) is 3.65. The molecule has 0 aliphatic heterocycles. The first-order valence-electron chi connectivity index (χ1n) is 6.53. The fraction of sp³-hybridized carbons (Fsp3) is 0.769. The van der Waals surface area contributed by atoms with Crippen molar-refractivity contribution in [1.29, 1.82) is 0 Å². The summed E-state index contributed by atoms with van der Waals surface area (Å²) in [5.41, 5.74) is 0. The van der Waals surface area contributed by atoms with Crippen LogP contribution in [-0.4, -0.2) is 22.6 Å². The topological polar surface area (TPSA) is 29.9 Å².